The molecule has 1 unspecified atom stereocenters. The van der Waals surface area contributed by atoms with E-state index in [0.29, 0.717) is 6.42 Å². The summed E-state index contributed by atoms with van der Waals surface area (Å²) in [5.41, 5.74) is 6.00. The molecule has 0 aliphatic carbocycles. The zero-order valence-electron chi connectivity index (χ0n) is 12.2. The van der Waals surface area contributed by atoms with Crippen LogP contribution in [0.4, 0.5) is 0 Å². The van der Waals surface area contributed by atoms with Crippen LogP contribution in [0.3, 0.4) is 0 Å². The van der Waals surface area contributed by atoms with E-state index in [2.05, 4.69) is 37.9 Å². The smallest absolute Gasteiger partial charge is 0.0941 e. The third-order valence-corrected chi connectivity index (χ3v) is 4.65. The summed E-state index contributed by atoms with van der Waals surface area (Å²) in [6.45, 7) is 10.3. The summed E-state index contributed by atoms with van der Waals surface area (Å²) in [7, 11) is 0. The van der Waals surface area contributed by atoms with E-state index < -0.39 is 6.10 Å². The molecule has 19 heavy (non-hydrogen) atoms. The summed E-state index contributed by atoms with van der Waals surface area (Å²) < 4.78 is 0. The molecule has 1 aromatic carbocycles. The van der Waals surface area contributed by atoms with Crippen molar-refractivity contribution in [3.8, 4) is 0 Å². The summed E-state index contributed by atoms with van der Waals surface area (Å²) in [6, 6.07) is 4.36. The predicted molar refractivity (Wildman–Crippen MR) is 80.9 cm³/mol. The minimum absolute atomic E-state index is 0.452. The van der Waals surface area contributed by atoms with Gasteiger partial charge >= 0.3 is 0 Å². The Kier molecular flexibility index (Phi) is 4.07. The van der Waals surface area contributed by atoms with Gasteiger partial charge in [0.1, 0.15) is 0 Å². The summed E-state index contributed by atoms with van der Waals surface area (Å²) >= 11 is 1.60. The van der Waals surface area contributed by atoms with Crippen LogP contribution >= 0.6 is 11.3 Å². The van der Waals surface area contributed by atoms with Crippen molar-refractivity contribution in [3.63, 3.8) is 0 Å². The lowest BCUT2D eigenvalue weighted by molar-refractivity contribution is 0.181. The molecule has 2 nitrogen and oxygen atoms in total. The number of hydrogen-bond donors (Lipinski definition) is 1. The Balaban J connectivity index is 2.29. The number of benzene rings is 1. The Morgan fingerprint density at radius 2 is 1.68 bits per heavy atom. The minimum atomic E-state index is -0.452. The van der Waals surface area contributed by atoms with Crippen LogP contribution in [0.5, 0.6) is 0 Å². The zero-order chi connectivity index (χ0) is 14.2. The van der Waals surface area contributed by atoms with Crippen LogP contribution in [-0.2, 0) is 6.42 Å². The lowest BCUT2D eigenvalue weighted by Crippen LogP contribution is -2.05. The van der Waals surface area contributed by atoms with Gasteiger partial charge in [0.25, 0.3) is 0 Å². The average molecular weight is 275 g/mol. The Morgan fingerprint density at radius 3 is 2.16 bits per heavy atom. The Morgan fingerprint density at radius 1 is 1.11 bits per heavy atom. The maximum atomic E-state index is 10.5. The molecule has 102 valence electrons. The lowest BCUT2D eigenvalue weighted by Gasteiger charge is -2.15. The van der Waals surface area contributed by atoms with Crippen LogP contribution in [0.25, 0.3) is 0 Å². The SMILES string of the molecule is Cc1cc(C)c(CC(O)c2sc(C)nc2C)c(C)c1. The van der Waals surface area contributed by atoms with Gasteiger partial charge in [-0.05, 0) is 51.3 Å². The predicted octanol–water partition coefficient (Wildman–Crippen LogP) is 3.96. The van der Waals surface area contributed by atoms with Gasteiger partial charge in [-0.2, -0.15) is 0 Å². The molecule has 1 N–H and O–H groups in total. The van der Waals surface area contributed by atoms with Gasteiger partial charge in [0.15, 0.2) is 0 Å². The van der Waals surface area contributed by atoms with E-state index in [4.69, 9.17) is 0 Å². The molecular formula is C16H21NOS. The van der Waals surface area contributed by atoms with E-state index in [0.717, 1.165) is 15.6 Å². The molecule has 0 aliphatic heterocycles. The number of aryl methyl sites for hydroxylation is 5. The monoisotopic (exact) mass is 275 g/mol. The first kappa shape index (κ1) is 14.2. The molecular weight excluding hydrogens is 254 g/mol. The molecule has 3 heteroatoms. The zero-order valence-corrected chi connectivity index (χ0v) is 13.1. The van der Waals surface area contributed by atoms with Crippen molar-refractivity contribution in [1.29, 1.82) is 0 Å². The van der Waals surface area contributed by atoms with E-state index in [9.17, 15) is 5.11 Å². The molecule has 2 aromatic rings. The summed E-state index contributed by atoms with van der Waals surface area (Å²) in [4.78, 5) is 5.39. The van der Waals surface area contributed by atoms with Gasteiger partial charge in [0.05, 0.1) is 21.7 Å². The van der Waals surface area contributed by atoms with Crippen molar-refractivity contribution in [2.24, 2.45) is 0 Å². The molecule has 0 aliphatic rings. The first-order chi connectivity index (χ1) is 8.88. The van der Waals surface area contributed by atoms with Gasteiger partial charge in [-0.1, -0.05) is 17.7 Å². The van der Waals surface area contributed by atoms with Gasteiger partial charge < -0.3 is 5.11 Å². The van der Waals surface area contributed by atoms with Crippen LogP contribution in [0.1, 0.15) is 43.9 Å². The molecule has 0 amide bonds. The van der Waals surface area contributed by atoms with Gasteiger partial charge in [-0.25, -0.2) is 4.98 Å². The van der Waals surface area contributed by atoms with Gasteiger partial charge in [0.2, 0.25) is 0 Å². The Bertz CT molecular complexity index is 578. The normalized spacial score (nSPS) is 12.7. The second-order valence-corrected chi connectivity index (χ2v) is 6.51. The minimum Gasteiger partial charge on any atom is -0.387 e. The number of aliphatic hydroxyl groups is 1. The second-order valence-electron chi connectivity index (χ2n) is 5.28. The molecule has 0 bridgehead atoms. The summed E-state index contributed by atoms with van der Waals surface area (Å²) in [6.07, 6.45) is 0.215. The molecule has 2 rings (SSSR count). The molecule has 0 radical (unpaired) electrons. The molecule has 1 atom stereocenters. The number of thiazole rings is 1. The Labute approximate surface area is 119 Å². The van der Waals surface area contributed by atoms with E-state index >= 15 is 0 Å². The maximum Gasteiger partial charge on any atom is 0.0941 e. The highest BCUT2D eigenvalue weighted by Gasteiger charge is 2.17. The molecule has 0 saturated carbocycles. The van der Waals surface area contributed by atoms with E-state index in [1.165, 1.54) is 22.3 Å². The summed E-state index contributed by atoms with van der Waals surface area (Å²) in [5.74, 6) is 0. The van der Waals surface area contributed by atoms with Crippen LogP contribution in [0, 0.1) is 34.6 Å². The van der Waals surface area contributed by atoms with Crippen molar-refractivity contribution in [2.45, 2.75) is 47.1 Å². The average Bonchev–Trinajstić information content (AvgIpc) is 2.62. The van der Waals surface area contributed by atoms with Crippen LogP contribution < -0.4 is 0 Å². The van der Waals surface area contributed by atoms with E-state index in [-0.39, 0.29) is 0 Å². The number of aromatic nitrogens is 1. The van der Waals surface area contributed by atoms with E-state index in [1.54, 1.807) is 11.3 Å². The van der Waals surface area contributed by atoms with Crippen molar-refractivity contribution in [1.82, 2.24) is 4.98 Å². The number of rotatable bonds is 3. The first-order valence-electron chi connectivity index (χ1n) is 6.57. The topological polar surface area (TPSA) is 33.1 Å². The second kappa shape index (κ2) is 5.43. The fourth-order valence-corrected chi connectivity index (χ4v) is 3.59. The van der Waals surface area contributed by atoms with Gasteiger partial charge in [-0.15, -0.1) is 11.3 Å². The van der Waals surface area contributed by atoms with Crippen molar-refractivity contribution in [2.75, 3.05) is 0 Å². The standard InChI is InChI=1S/C16H21NOS/c1-9-6-10(2)14(11(3)7-9)8-15(18)16-12(4)17-13(5)19-16/h6-7,15,18H,8H2,1-5H3. The summed E-state index contributed by atoms with van der Waals surface area (Å²) in [5, 5.41) is 11.5. The molecule has 0 fully saturated rings. The van der Waals surface area contributed by atoms with Crippen LogP contribution in [0.15, 0.2) is 12.1 Å². The molecule has 1 heterocycles. The molecule has 0 spiro atoms. The van der Waals surface area contributed by atoms with Crippen molar-refractivity contribution in [3.05, 3.63) is 50.0 Å². The van der Waals surface area contributed by atoms with Crippen molar-refractivity contribution < 1.29 is 5.11 Å². The largest absolute Gasteiger partial charge is 0.387 e. The highest BCUT2D eigenvalue weighted by Crippen LogP contribution is 2.29. The van der Waals surface area contributed by atoms with E-state index in [1.807, 2.05) is 13.8 Å². The number of aliphatic hydroxyl groups excluding tert-OH is 1. The van der Waals surface area contributed by atoms with Gasteiger partial charge in [-0.3, -0.25) is 0 Å². The Hall–Kier alpha value is -1.19. The lowest BCUT2D eigenvalue weighted by atomic mass is 9.95. The molecule has 0 saturated heterocycles. The quantitative estimate of drug-likeness (QED) is 0.919. The fraction of sp³-hybridized carbons (Fsp3) is 0.438. The van der Waals surface area contributed by atoms with Crippen LogP contribution in [0.2, 0.25) is 0 Å². The third kappa shape index (κ3) is 3.04. The van der Waals surface area contributed by atoms with Crippen LogP contribution in [-0.4, -0.2) is 10.1 Å². The maximum absolute atomic E-state index is 10.5. The highest BCUT2D eigenvalue weighted by molar-refractivity contribution is 7.11. The fourth-order valence-electron chi connectivity index (χ4n) is 2.67. The van der Waals surface area contributed by atoms with Crippen molar-refractivity contribution >= 4 is 11.3 Å². The first-order valence-corrected chi connectivity index (χ1v) is 7.39. The highest BCUT2D eigenvalue weighted by atomic mass is 32.1. The van der Waals surface area contributed by atoms with Gasteiger partial charge in [0, 0.05) is 6.42 Å². The number of nitrogens with zero attached hydrogens (tertiary/aromatic N) is 1. The third-order valence-electron chi connectivity index (χ3n) is 3.48. The number of hydrogen-bond acceptors (Lipinski definition) is 3. The molecule has 1 aromatic heterocycles.